The van der Waals surface area contributed by atoms with E-state index in [4.69, 9.17) is 11.6 Å². The summed E-state index contributed by atoms with van der Waals surface area (Å²) in [5.74, 6) is -0.184. The summed E-state index contributed by atoms with van der Waals surface area (Å²) in [6.07, 6.45) is 5.86. The number of carbonyl (C=O) groups excluding carboxylic acids is 1. The normalized spacial score (nSPS) is 16.9. The van der Waals surface area contributed by atoms with E-state index in [0.29, 0.717) is 35.0 Å². The van der Waals surface area contributed by atoms with Gasteiger partial charge >= 0.3 is 0 Å². The zero-order chi connectivity index (χ0) is 19.8. The van der Waals surface area contributed by atoms with Crippen molar-refractivity contribution in [3.8, 4) is 11.4 Å². The predicted octanol–water partition coefficient (Wildman–Crippen LogP) is 3.31. The van der Waals surface area contributed by atoms with Gasteiger partial charge in [-0.15, -0.1) is 0 Å². The van der Waals surface area contributed by atoms with Gasteiger partial charge in [-0.1, -0.05) is 11.6 Å². The molecule has 0 aromatic carbocycles. The molecule has 1 fully saturated rings. The lowest BCUT2D eigenvalue weighted by atomic mass is 10.2. The Labute approximate surface area is 166 Å². The van der Waals surface area contributed by atoms with Crippen LogP contribution in [0.25, 0.3) is 22.4 Å². The van der Waals surface area contributed by atoms with Crippen molar-refractivity contribution in [1.82, 2.24) is 25.3 Å². The topological polar surface area (TPSA) is 86.8 Å². The van der Waals surface area contributed by atoms with E-state index in [1.807, 2.05) is 13.8 Å². The van der Waals surface area contributed by atoms with E-state index in [1.54, 1.807) is 23.4 Å². The second-order valence-electron chi connectivity index (χ2n) is 7.13. The molecule has 4 rings (SSSR count). The van der Waals surface area contributed by atoms with Gasteiger partial charge in [0.25, 0.3) is 0 Å². The Morgan fingerprint density at radius 3 is 3.00 bits per heavy atom. The van der Waals surface area contributed by atoms with Crippen LogP contribution in [-0.4, -0.2) is 44.5 Å². The number of halogens is 2. The van der Waals surface area contributed by atoms with Crippen molar-refractivity contribution in [3.63, 3.8) is 0 Å². The molecule has 0 radical (unpaired) electrons. The maximum absolute atomic E-state index is 14.6. The maximum Gasteiger partial charge on any atom is 0.242 e. The lowest BCUT2D eigenvalue weighted by Gasteiger charge is -2.26. The average molecular weight is 403 g/mol. The second-order valence-corrected chi connectivity index (χ2v) is 7.57. The Bertz CT molecular complexity index is 1040. The molecule has 9 heteroatoms. The van der Waals surface area contributed by atoms with Crippen molar-refractivity contribution in [2.45, 2.75) is 38.8 Å². The minimum atomic E-state index is -0.552. The van der Waals surface area contributed by atoms with Crippen molar-refractivity contribution in [2.24, 2.45) is 0 Å². The molecule has 28 heavy (non-hydrogen) atoms. The van der Waals surface area contributed by atoms with Crippen LogP contribution in [0.2, 0.25) is 5.02 Å². The van der Waals surface area contributed by atoms with Crippen LogP contribution in [-0.2, 0) is 4.79 Å². The summed E-state index contributed by atoms with van der Waals surface area (Å²) < 4.78 is 14.6. The van der Waals surface area contributed by atoms with E-state index in [-0.39, 0.29) is 17.8 Å². The number of fused-ring (bicyclic) bond motifs is 1. The van der Waals surface area contributed by atoms with Crippen molar-refractivity contribution in [1.29, 1.82) is 0 Å². The van der Waals surface area contributed by atoms with Gasteiger partial charge in [0, 0.05) is 35.9 Å². The van der Waals surface area contributed by atoms with Crippen LogP contribution >= 0.6 is 11.6 Å². The number of anilines is 1. The fraction of sp³-hybridized carbons (Fsp3) is 0.368. The summed E-state index contributed by atoms with van der Waals surface area (Å²) in [6.45, 7) is 4.36. The van der Waals surface area contributed by atoms with Crippen molar-refractivity contribution >= 4 is 34.4 Å². The van der Waals surface area contributed by atoms with E-state index in [9.17, 15) is 9.18 Å². The zero-order valence-electron chi connectivity index (χ0n) is 15.5. The monoisotopic (exact) mass is 402 g/mol. The molecule has 3 aromatic rings. The first-order valence-corrected chi connectivity index (χ1v) is 9.54. The van der Waals surface area contributed by atoms with Gasteiger partial charge in [0.1, 0.15) is 11.7 Å². The Balaban J connectivity index is 1.73. The van der Waals surface area contributed by atoms with Crippen LogP contribution in [0.4, 0.5) is 10.2 Å². The molecule has 3 aromatic heterocycles. The number of amides is 1. The van der Waals surface area contributed by atoms with E-state index in [1.165, 1.54) is 0 Å². The van der Waals surface area contributed by atoms with Gasteiger partial charge < -0.3 is 15.2 Å². The third-order valence-corrected chi connectivity index (χ3v) is 4.93. The van der Waals surface area contributed by atoms with Gasteiger partial charge in [-0.3, -0.25) is 4.79 Å². The Kier molecular flexibility index (Phi) is 4.89. The fourth-order valence-corrected chi connectivity index (χ4v) is 3.68. The van der Waals surface area contributed by atoms with E-state index in [0.717, 1.165) is 18.0 Å². The van der Waals surface area contributed by atoms with Crippen molar-refractivity contribution in [2.75, 3.05) is 11.4 Å². The number of hydrogen-bond acceptors (Lipinski definition) is 5. The summed E-state index contributed by atoms with van der Waals surface area (Å²) in [7, 11) is 0. The number of aromatic nitrogens is 4. The van der Waals surface area contributed by atoms with Crippen molar-refractivity contribution < 1.29 is 9.18 Å². The predicted molar refractivity (Wildman–Crippen MR) is 106 cm³/mol. The van der Waals surface area contributed by atoms with Gasteiger partial charge in [0.2, 0.25) is 5.91 Å². The average Bonchev–Trinajstić information content (AvgIpc) is 3.28. The molecule has 1 atom stereocenters. The first kappa shape index (κ1) is 18.6. The van der Waals surface area contributed by atoms with Gasteiger partial charge in [0.05, 0.1) is 11.2 Å². The standard InChI is InChI=1S/C19H20ClFN6O/c1-10(2)25-19(28)15-4-3-5-27(15)18-14(21)9-24-17(26-18)13-8-23-16-12(13)6-11(20)7-22-16/h6-10,15H,3-5H2,1-2H3,(H,22,23)(H,25,28)/t15-/m1/s1. The largest absolute Gasteiger partial charge is 0.352 e. The molecule has 1 aliphatic rings. The molecule has 1 amide bonds. The summed E-state index contributed by atoms with van der Waals surface area (Å²) in [4.78, 5) is 30.1. The molecule has 1 saturated heterocycles. The maximum atomic E-state index is 14.6. The molecular weight excluding hydrogens is 383 g/mol. The van der Waals surface area contributed by atoms with E-state index >= 15 is 0 Å². The summed E-state index contributed by atoms with van der Waals surface area (Å²) in [6, 6.07) is 1.33. The number of rotatable bonds is 4. The first-order chi connectivity index (χ1) is 13.4. The summed E-state index contributed by atoms with van der Waals surface area (Å²) in [5, 5.41) is 4.14. The number of H-pyrrole nitrogens is 1. The number of aromatic amines is 1. The minimum absolute atomic E-state index is 0.0178. The van der Waals surface area contributed by atoms with Crippen molar-refractivity contribution in [3.05, 3.63) is 35.5 Å². The Hall–Kier alpha value is -2.74. The molecule has 2 N–H and O–H groups in total. The molecule has 0 aliphatic carbocycles. The zero-order valence-corrected chi connectivity index (χ0v) is 16.3. The number of carbonyl (C=O) groups is 1. The van der Waals surface area contributed by atoms with Gasteiger partial charge in [-0.25, -0.2) is 19.3 Å². The van der Waals surface area contributed by atoms with E-state index in [2.05, 4.69) is 25.3 Å². The molecule has 4 heterocycles. The fourth-order valence-electron chi connectivity index (χ4n) is 3.53. The van der Waals surface area contributed by atoms with Crippen LogP contribution in [0, 0.1) is 5.82 Å². The molecule has 7 nitrogen and oxygen atoms in total. The first-order valence-electron chi connectivity index (χ1n) is 9.16. The van der Waals surface area contributed by atoms with Crippen LogP contribution < -0.4 is 10.2 Å². The van der Waals surface area contributed by atoms with Crippen LogP contribution in [0.3, 0.4) is 0 Å². The SMILES string of the molecule is CC(C)NC(=O)[C@H]1CCCN1c1nc(-c2c[nH]c3ncc(Cl)cc23)ncc1F. The highest BCUT2D eigenvalue weighted by Crippen LogP contribution is 2.31. The third kappa shape index (κ3) is 3.40. The number of nitrogens with zero attached hydrogens (tertiary/aromatic N) is 4. The lowest BCUT2D eigenvalue weighted by molar-refractivity contribution is -0.122. The molecule has 146 valence electrons. The molecule has 1 aliphatic heterocycles. The lowest BCUT2D eigenvalue weighted by Crippen LogP contribution is -2.46. The van der Waals surface area contributed by atoms with Crippen LogP contribution in [0.5, 0.6) is 0 Å². The highest BCUT2D eigenvalue weighted by atomic mass is 35.5. The minimum Gasteiger partial charge on any atom is -0.352 e. The molecular formula is C19H20ClFN6O. The van der Waals surface area contributed by atoms with Gasteiger partial charge in [0.15, 0.2) is 17.5 Å². The molecule has 0 bridgehead atoms. The Morgan fingerprint density at radius 1 is 1.39 bits per heavy atom. The third-order valence-electron chi connectivity index (χ3n) is 4.72. The quantitative estimate of drug-likeness (QED) is 0.699. The highest BCUT2D eigenvalue weighted by molar-refractivity contribution is 6.31. The van der Waals surface area contributed by atoms with Crippen LogP contribution in [0.1, 0.15) is 26.7 Å². The molecule has 0 saturated carbocycles. The van der Waals surface area contributed by atoms with Crippen LogP contribution in [0.15, 0.2) is 24.7 Å². The summed E-state index contributed by atoms with van der Waals surface area (Å²) in [5.41, 5.74) is 1.32. The Morgan fingerprint density at radius 2 is 2.21 bits per heavy atom. The number of hydrogen-bond donors (Lipinski definition) is 2. The second kappa shape index (κ2) is 7.35. The smallest absolute Gasteiger partial charge is 0.242 e. The van der Waals surface area contributed by atoms with Gasteiger partial charge in [-0.2, -0.15) is 0 Å². The molecule has 0 unspecified atom stereocenters. The summed E-state index contributed by atoms with van der Waals surface area (Å²) >= 11 is 6.06. The number of pyridine rings is 1. The number of nitrogens with one attached hydrogen (secondary N) is 2. The van der Waals surface area contributed by atoms with Gasteiger partial charge in [-0.05, 0) is 32.8 Å². The highest BCUT2D eigenvalue weighted by Gasteiger charge is 2.34. The molecule has 0 spiro atoms. The van der Waals surface area contributed by atoms with E-state index < -0.39 is 11.9 Å².